The summed E-state index contributed by atoms with van der Waals surface area (Å²) in [5.74, 6) is 0.923. The van der Waals surface area contributed by atoms with E-state index >= 15 is 0 Å². The molecule has 12 heavy (non-hydrogen) atoms. The molecular formula is C7H8N4O. The van der Waals surface area contributed by atoms with E-state index in [0.717, 1.165) is 5.69 Å². The first-order chi connectivity index (χ1) is 5.79. The van der Waals surface area contributed by atoms with Gasteiger partial charge in [-0.05, 0) is 13.0 Å². The lowest BCUT2D eigenvalue weighted by Crippen LogP contribution is -1.91. The SMILES string of the molecule is Cc1ccn2nc(CO)nc2n1. The number of aromatic nitrogens is 4. The second-order valence-electron chi connectivity index (χ2n) is 2.50. The summed E-state index contributed by atoms with van der Waals surface area (Å²) in [4.78, 5) is 8.11. The van der Waals surface area contributed by atoms with Gasteiger partial charge in [-0.1, -0.05) is 0 Å². The Morgan fingerprint density at radius 2 is 2.33 bits per heavy atom. The quantitative estimate of drug-likeness (QED) is 0.640. The van der Waals surface area contributed by atoms with Crippen LogP contribution in [-0.4, -0.2) is 24.7 Å². The van der Waals surface area contributed by atoms with Crippen molar-refractivity contribution >= 4 is 5.78 Å². The predicted octanol–water partition coefficient (Wildman–Crippen LogP) is -0.0750. The van der Waals surface area contributed by atoms with Crippen molar-refractivity contribution in [3.63, 3.8) is 0 Å². The first-order valence-electron chi connectivity index (χ1n) is 3.59. The number of aryl methyl sites for hydroxylation is 1. The lowest BCUT2D eigenvalue weighted by atomic mass is 10.5. The number of aliphatic hydroxyl groups excluding tert-OH is 1. The molecule has 2 aromatic rings. The molecule has 0 saturated heterocycles. The third-order valence-corrected chi connectivity index (χ3v) is 1.53. The van der Waals surface area contributed by atoms with Crippen molar-refractivity contribution in [2.75, 3.05) is 0 Å². The van der Waals surface area contributed by atoms with Gasteiger partial charge in [-0.25, -0.2) is 9.50 Å². The Morgan fingerprint density at radius 3 is 3.08 bits per heavy atom. The van der Waals surface area contributed by atoms with Crippen LogP contribution in [0.3, 0.4) is 0 Å². The Morgan fingerprint density at radius 1 is 1.50 bits per heavy atom. The predicted molar refractivity (Wildman–Crippen MR) is 41.4 cm³/mol. The molecule has 0 spiro atoms. The van der Waals surface area contributed by atoms with Crippen molar-refractivity contribution in [2.45, 2.75) is 13.5 Å². The average molecular weight is 164 g/mol. The summed E-state index contributed by atoms with van der Waals surface area (Å²) in [5.41, 5.74) is 0.888. The zero-order valence-electron chi connectivity index (χ0n) is 6.60. The van der Waals surface area contributed by atoms with Gasteiger partial charge in [0.2, 0.25) is 0 Å². The molecule has 2 aromatic heterocycles. The van der Waals surface area contributed by atoms with Crippen LogP contribution in [0.25, 0.3) is 5.78 Å². The highest BCUT2D eigenvalue weighted by Crippen LogP contribution is 1.99. The van der Waals surface area contributed by atoms with Crippen LogP contribution in [-0.2, 0) is 6.61 Å². The normalized spacial score (nSPS) is 10.8. The molecule has 2 heterocycles. The van der Waals surface area contributed by atoms with Crippen LogP contribution in [0.2, 0.25) is 0 Å². The maximum absolute atomic E-state index is 8.74. The van der Waals surface area contributed by atoms with Gasteiger partial charge in [0.1, 0.15) is 6.61 Å². The van der Waals surface area contributed by atoms with Gasteiger partial charge >= 0.3 is 0 Å². The maximum atomic E-state index is 8.74. The molecule has 0 aliphatic rings. The summed E-state index contributed by atoms with van der Waals surface area (Å²) in [6.07, 6.45) is 1.77. The molecule has 1 N–H and O–H groups in total. The van der Waals surface area contributed by atoms with E-state index < -0.39 is 0 Å². The van der Waals surface area contributed by atoms with E-state index in [4.69, 9.17) is 5.11 Å². The minimum absolute atomic E-state index is 0.150. The Balaban J connectivity index is 2.67. The van der Waals surface area contributed by atoms with Crippen molar-refractivity contribution in [3.8, 4) is 0 Å². The van der Waals surface area contributed by atoms with Crippen LogP contribution in [0.1, 0.15) is 11.5 Å². The molecule has 0 aromatic carbocycles. The molecule has 0 bridgehead atoms. The maximum Gasteiger partial charge on any atom is 0.252 e. The zero-order chi connectivity index (χ0) is 8.55. The fourth-order valence-electron chi connectivity index (χ4n) is 0.975. The molecule has 0 atom stereocenters. The van der Waals surface area contributed by atoms with Crippen LogP contribution < -0.4 is 0 Å². The Bertz CT molecular complexity index is 409. The number of hydrogen-bond acceptors (Lipinski definition) is 4. The molecule has 5 heteroatoms. The Kier molecular flexibility index (Phi) is 1.51. The van der Waals surface area contributed by atoms with E-state index in [-0.39, 0.29) is 6.61 Å². The number of nitrogens with zero attached hydrogens (tertiary/aromatic N) is 4. The summed E-state index contributed by atoms with van der Waals surface area (Å²) in [6.45, 7) is 1.73. The third kappa shape index (κ3) is 1.04. The lowest BCUT2D eigenvalue weighted by Gasteiger charge is -1.89. The Hall–Kier alpha value is -1.49. The molecule has 2 rings (SSSR count). The van der Waals surface area contributed by atoms with Crippen LogP contribution >= 0.6 is 0 Å². The van der Waals surface area contributed by atoms with E-state index in [2.05, 4.69) is 15.1 Å². The first-order valence-corrected chi connectivity index (χ1v) is 3.59. The summed E-state index contributed by atoms with van der Waals surface area (Å²) in [5, 5.41) is 12.7. The molecule has 0 aliphatic heterocycles. The largest absolute Gasteiger partial charge is 0.388 e. The van der Waals surface area contributed by atoms with Crippen molar-refractivity contribution in [1.29, 1.82) is 0 Å². The minimum atomic E-state index is -0.150. The highest BCUT2D eigenvalue weighted by Gasteiger charge is 2.01. The van der Waals surface area contributed by atoms with Gasteiger partial charge in [0.05, 0.1) is 0 Å². The highest BCUT2D eigenvalue weighted by atomic mass is 16.3. The van der Waals surface area contributed by atoms with E-state index in [0.29, 0.717) is 11.6 Å². The molecule has 0 unspecified atom stereocenters. The van der Waals surface area contributed by atoms with Gasteiger partial charge in [-0.3, -0.25) is 0 Å². The van der Waals surface area contributed by atoms with Crippen molar-refractivity contribution < 1.29 is 5.11 Å². The molecular weight excluding hydrogens is 156 g/mol. The van der Waals surface area contributed by atoms with Crippen molar-refractivity contribution in [2.24, 2.45) is 0 Å². The number of fused-ring (bicyclic) bond motifs is 1. The van der Waals surface area contributed by atoms with Gasteiger partial charge < -0.3 is 5.11 Å². The molecule has 0 radical (unpaired) electrons. The standard InChI is InChI=1S/C7H8N4O/c1-5-2-3-11-7(8-5)9-6(4-12)10-11/h2-3,12H,4H2,1H3. The monoisotopic (exact) mass is 164 g/mol. The molecule has 0 saturated carbocycles. The minimum Gasteiger partial charge on any atom is -0.388 e. The molecule has 5 nitrogen and oxygen atoms in total. The number of hydrogen-bond donors (Lipinski definition) is 1. The molecule has 62 valence electrons. The van der Waals surface area contributed by atoms with Crippen LogP contribution in [0.5, 0.6) is 0 Å². The summed E-state index contributed by atoms with van der Waals surface area (Å²) in [6, 6.07) is 1.84. The lowest BCUT2D eigenvalue weighted by molar-refractivity contribution is 0.271. The molecule has 0 aliphatic carbocycles. The van der Waals surface area contributed by atoms with E-state index in [1.54, 1.807) is 10.7 Å². The zero-order valence-corrected chi connectivity index (χ0v) is 6.60. The van der Waals surface area contributed by atoms with Crippen molar-refractivity contribution in [1.82, 2.24) is 19.6 Å². The molecule has 0 fully saturated rings. The van der Waals surface area contributed by atoms with Gasteiger partial charge in [0, 0.05) is 11.9 Å². The van der Waals surface area contributed by atoms with Crippen LogP contribution in [0.15, 0.2) is 12.3 Å². The van der Waals surface area contributed by atoms with E-state index in [9.17, 15) is 0 Å². The molecule has 0 amide bonds. The summed E-state index contributed by atoms with van der Waals surface area (Å²) < 4.78 is 1.54. The highest BCUT2D eigenvalue weighted by molar-refractivity contribution is 5.27. The number of aliphatic hydroxyl groups is 1. The van der Waals surface area contributed by atoms with Gasteiger partial charge in [0.25, 0.3) is 5.78 Å². The fourth-order valence-corrected chi connectivity index (χ4v) is 0.975. The average Bonchev–Trinajstić information content (AvgIpc) is 2.46. The third-order valence-electron chi connectivity index (χ3n) is 1.53. The number of rotatable bonds is 1. The summed E-state index contributed by atoms with van der Waals surface area (Å²) >= 11 is 0. The second-order valence-corrected chi connectivity index (χ2v) is 2.50. The van der Waals surface area contributed by atoms with Crippen LogP contribution in [0, 0.1) is 6.92 Å². The van der Waals surface area contributed by atoms with Gasteiger partial charge in [-0.2, -0.15) is 4.98 Å². The fraction of sp³-hybridized carbons (Fsp3) is 0.286. The first kappa shape index (κ1) is 7.17. The van der Waals surface area contributed by atoms with E-state index in [1.165, 1.54) is 0 Å². The topological polar surface area (TPSA) is 63.3 Å². The smallest absolute Gasteiger partial charge is 0.252 e. The second kappa shape index (κ2) is 2.53. The Labute approximate surface area is 68.7 Å². The van der Waals surface area contributed by atoms with E-state index in [1.807, 2.05) is 13.0 Å². The van der Waals surface area contributed by atoms with Crippen molar-refractivity contribution in [3.05, 3.63) is 23.8 Å². The summed E-state index contributed by atoms with van der Waals surface area (Å²) in [7, 11) is 0. The van der Waals surface area contributed by atoms with Gasteiger partial charge in [-0.15, -0.1) is 5.10 Å². The van der Waals surface area contributed by atoms with Gasteiger partial charge in [0.15, 0.2) is 5.82 Å². The van der Waals surface area contributed by atoms with Crippen LogP contribution in [0.4, 0.5) is 0 Å².